The molecule has 1 amide bonds. The number of nitrogens with zero attached hydrogens (tertiary/aromatic N) is 1. The standard InChI is InChI=1S/C14H16BrNO2/c1-10(17)9-11-5-4-8-16(11)14(18)12-6-2-3-7-13(12)15/h2-3,6-7,11H,4-5,8-9H2,1H3. The van der Waals surface area contributed by atoms with Crippen molar-refractivity contribution in [1.29, 1.82) is 0 Å². The van der Waals surface area contributed by atoms with Gasteiger partial charge >= 0.3 is 0 Å². The van der Waals surface area contributed by atoms with Crippen molar-refractivity contribution in [1.82, 2.24) is 4.90 Å². The lowest BCUT2D eigenvalue weighted by Gasteiger charge is -2.24. The summed E-state index contributed by atoms with van der Waals surface area (Å²) >= 11 is 3.40. The van der Waals surface area contributed by atoms with Crippen LogP contribution in [0.5, 0.6) is 0 Å². The fourth-order valence-electron chi connectivity index (χ4n) is 2.44. The van der Waals surface area contributed by atoms with Crippen LogP contribution in [0.1, 0.15) is 36.5 Å². The third-order valence-corrected chi connectivity index (χ3v) is 3.96. The molecular weight excluding hydrogens is 294 g/mol. The van der Waals surface area contributed by atoms with E-state index in [1.807, 2.05) is 29.2 Å². The van der Waals surface area contributed by atoms with Crippen LogP contribution in [-0.2, 0) is 4.79 Å². The number of carbonyl (C=O) groups is 2. The van der Waals surface area contributed by atoms with Gasteiger partial charge in [-0.3, -0.25) is 9.59 Å². The summed E-state index contributed by atoms with van der Waals surface area (Å²) in [5.41, 5.74) is 0.674. The largest absolute Gasteiger partial charge is 0.335 e. The summed E-state index contributed by atoms with van der Waals surface area (Å²) in [6.07, 6.45) is 2.38. The molecule has 0 radical (unpaired) electrons. The van der Waals surface area contributed by atoms with Crippen LogP contribution < -0.4 is 0 Å². The lowest BCUT2D eigenvalue weighted by atomic mass is 10.1. The number of hydrogen-bond donors (Lipinski definition) is 0. The fraction of sp³-hybridized carbons (Fsp3) is 0.429. The molecule has 1 fully saturated rings. The highest BCUT2D eigenvalue weighted by atomic mass is 79.9. The Morgan fingerprint density at radius 3 is 2.78 bits per heavy atom. The Labute approximate surface area is 115 Å². The van der Waals surface area contributed by atoms with Gasteiger partial charge < -0.3 is 4.90 Å². The number of likely N-dealkylation sites (tertiary alicyclic amines) is 1. The zero-order chi connectivity index (χ0) is 13.1. The molecule has 1 unspecified atom stereocenters. The molecule has 96 valence electrons. The molecule has 0 saturated carbocycles. The summed E-state index contributed by atoms with van der Waals surface area (Å²) in [5, 5.41) is 0. The summed E-state index contributed by atoms with van der Waals surface area (Å²) in [7, 11) is 0. The Balaban J connectivity index is 2.18. The van der Waals surface area contributed by atoms with E-state index in [1.54, 1.807) is 6.92 Å². The predicted molar refractivity (Wildman–Crippen MR) is 73.5 cm³/mol. The molecule has 1 atom stereocenters. The number of amides is 1. The Morgan fingerprint density at radius 2 is 2.11 bits per heavy atom. The van der Waals surface area contributed by atoms with E-state index in [4.69, 9.17) is 0 Å². The van der Waals surface area contributed by atoms with E-state index in [-0.39, 0.29) is 17.7 Å². The maximum absolute atomic E-state index is 12.4. The fourth-order valence-corrected chi connectivity index (χ4v) is 2.89. The molecule has 1 aromatic carbocycles. The molecule has 2 rings (SSSR count). The monoisotopic (exact) mass is 309 g/mol. The molecule has 1 aromatic rings. The predicted octanol–water partition coefficient (Wildman–Crippen LogP) is 3.03. The van der Waals surface area contributed by atoms with Crippen LogP contribution in [0.25, 0.3) is 0 Å². The molecule has 3 nitrogen and oxygen atoms in total. The molecule has 0 aliphatic carbocycles. The van der Waals surface area contributed by atoms with Crippen molar-refractivity contribution in [2.75, 3.05) is 6.54 Å². The topological polar surface area (TPSA) is 37.4 Å². The molecule has 0 bridgehead atoms. The van der Waals surface area contributed by atoms with Gasteiger partial charge in [-0.25, -0.2) is 0 Å². The molecule has 4 heteroatoms. The van der Waals surface area contributed by atoms with Crippen LogP contribution in [-0.4, -0.2) is 29.2 Å². The Morgan fingerprint density at radius 1 is 1.39 bits per heavy atom. The summed E-state index contributed by atoms with van der Waals surface area (Å²) in [5.74, 6) is 0.165. The first-order chi connectivity index (χ1) is 8.59. The maximum Gasteiger partial charge on any atom is 0.255 e. The van der Waals surface area contributed by atoms with Gasteiger partial charge in [0, 0.05) is 23.5 Å². The Bertz CT molecular complexity index is 473. The van der Waals surface area contributed by atoms with Gasteiger partial charge in [0.1, 0.15) is 5.78 Å². The maximum atomic E-state index is 12.4. The highest BCUT2D eigenvalue weighted by Gasteiger charge is 2.30. The van der Waals surface area contributed by atoms with Gasteiger partial charge in [0.25, 0.3) is 5.91 Å². The number of rotatable bonds is 3. The first-order valence-corrected chi connectivity index (χ1v) is 6.94. The van der Waals surface area contributed by atoms with E-state index < -0.39 is 0 Å². The van der Waals surface area contributed by atoms with Crippen LogP contribution in [0.4, 0.5) is 0 Å². The number of halogens is 1. The van der Waals surface area contributed by atoms with E-state index in [1.165, 1.54) is 0 Å². The minimum atomic E-state index is 0.0197. The van der Waals surface area contributed by atoms with Crippen LogP contribution in [0.2, 0.25) is 0 Å². The first kappa shape index (κ1) is 13.3. The number of Topliss-reactive ketones (excluding diaryl/α,β-unsaturated/α-hetero) is 1. The van der Waals surface area contributed by atoms with Crippen LogP contribution in [0.3, 0.4) is 0 Å². The van der Waals surface area contributed by atoms with Crippen molar-refractivity contribution in [2.24, 2.45) is 0 Å². The molecule has 18 heavy (non-hydrogen) atoms. The number of carbonyl (C=O) groups excluding carboxylic acids is 2. The third kappa shape index (κ3) is 2.80. The van der Waals surface area contributed by atoms with Gasteiger partial charge in [-0.05, 0) is 47.8 Å². The minimum absolute atomic E-state index is 0.0197. The van der Waals surface area contributed by atoms with Crippen molar-refractivity contribution >= 4 is 27.6 Å². The second kappa shape index (κ2) is 5.65. The molecule has 1 aliphatic rings. The first-order valence-electron chi connectivity index (χ1n) is 6.14. The normalized spacial score (nSPS) is 19.0. The SMILES string of the molecule is CC(=O)CC1CCCN1C(=O)c1ccccc1Br. The quantitative estimate of drug-likeness (QED) is 0.860. The highest BCUT2D eigenvalue weighted by Crippen LogP contribution is 2.25. The van der Waals surface area contributed by atoms with Gasteiger partial charge in [0.05, 0.1) is 5.56 Å². The zero-order valence-corrected chi connectivity index (χ0v) is 11.9. The Hall–Kier alpha value is -1.16. The van der Waals surface area contributed by atoms with Gasteiger partial charge in [0.15, 0.2) is 0 Å². The molecule has 1 aliphatic heterocycles. The zero-order valence-electron chi connectivity index (χ0n) is 10.4. The average Bonchev–Trinajstić information content (AvgIpc) is 2.76. The Kier molecular flexibility index (Phi) is 4.17. The summed E-state index contributed by atoms with van der Waals surface area (Å²) in [6, 6.07) is 7.49. The second-order valence-electron chi connectivity index (χ2n) is 4.68. The molecule has 1 saturated heterocycles. The average molecular weight is 310 g/mol. The number of benzene rings is 1. The molecule has 0 N–H and O–H groups in total. The van der Waals surface area contributed by atoms with Crippen molar-refractivity contribution < 1.29 is 9.59 Å². The molecule has 1 heterocycles. The van der Waals surface area contributed by atoms with Gasteiger partial charge in [0.2, 0.25) is 0 Å². The van der Waals surface area contributed by atoms with Crippen molar-refractivity contribution in [3.05, 3.63) is 34.3 Å². The summed E-state index contributed by atoms with van der Waals surface area (Å²) < 4.78 is 0.809. The second-order valence-corrected chi connectivity index (χ2v) is 5.53. The number of ketones is 1. The molecular formula is C14H16BrNO2. The number of hydrogen-bond acceptors (Lipinski definition) is 2. The van der Waals surface area contributed by atoms with Gasteiger partial charge in [-0.2, -0.15) is 0 Å². The third-order valence-electron chi connectivity index (χ3n) is 3.27. The van der Waals surface area contributed by atoms with Crippen molar-refractivity contribution in [3.8, 4) is 0 Å². The van der Waals surface area contributed by atoms with E-state index in [9.17, 15) is 9.59 Å². The van der Waals surface area contributed by atoms with E-state index in [0.717, 1.165) is 23.9 Å². The lowest BCUT2D eigenvalue weighted by molar-refractivity contribution is -0.117. The van der Waals surface area contributed by atoms with Crippen LogP contribution in [0, 0.1) is 0 Å². The minimum Gasteiger partial charge on any atom is -0.335 e. The van der Waals surface area contributed by atoms with Crippen LogP contribution >= 0.6 is 15.9 Å². The lowest BCUT2D eigenvalue weighted by Crippen LogP contribution is -2.36. The van der Waals surface area contributed by atoms with E-state index in [2.05, 4.69) is 15.9 Å². The smallest absolute Gasteiger partial charge is 0.255 e. The molecule has 0 aromatic heterocycles. The summed E-state index contributed by atoms with van der Waals surface area (Å²) in [4.78, 5) is 25.5. The van der Waals surface area contributed by atoms with Crippen molar-refractivity contribution in [3.63, 3.8) is 0 Å². The van der Waals surface area contributed by atoms with Crippen molar-refractivity contribution in [2.45, 2.75) is 32.2 Å². The summed E-state index contributed by atoms with van der Waals surface area (Å²) in [6.45, 7) is 2.33. The van der Waals surface area contributed by atoms with Crippen LogP contribution in [0.15, 0.2) is 28.7 Å². The van der Waals surface area contributed by atoms with Gasteiger partial charge in [-0.15, -0.1) is 0 Å². The van der Waals surface area contributed by atoms with Gasteiger partial charge in [-0.1, -0.05) is 12.1 Å². The highest BCUT2D eigenvalue weighted by molar-refractivity contribution is 9.10. The molecule has 0 spiro atoms. The van der Waals surface area contributed by atoms with E-state index in [0.29, 0.717) is 12.0 Å². The van der Waals surface area contributed by atoms with E-state index >= 15 is 0 Å².